The van der Waals surface area contributed by atoms with E-state index >= 15 is 0 Å². The monoisotopic (exact) mass is 320 g/mol. The first-order valence-electron chi connectivity index (χ1n) is 6.71. The molecule has 0 fully saturated rings. The van der Waals surface area contributed by atoms with E-state index in [1.165, 1.54) is 0 Å². The van der Waals surface area contributed by atoms with Crippen molar-refractivity contribution in [3.05, 3.63) is 57.6 Å². The number of hydrogen-bond donors (Lipinski definition) is 1. The van der Waals surface area contributed by atoms with Gasteiger partial charge in [0.05, 0.1) is 10.6 Å². The van der Waals surface area contributed by atoms with Gasteiger partial charge < -0.3 is 10.6 Å². The number of aryl methyl sites for hydroxylation is 1. The summed E-state index contributed by atoms with van der Waals surface area (Å²) in [5.41, 5.74) is 8.90. The molecule has 0 spiro atoms. The molecule has 3 rings (SSSR count). The topological polar surface area (TPSA) is 46.3 Å². The molecule has 0 saturated carbocycles. The average Bonchev–Trinajstić information content (AvgIpc) is 2.48. The molecule has 2 N–H and O–H groups in total. The number of benzene rings is 2. The third kappa shape index (κ3) is 2.71. The van der Waals surface area contributed by atoms with E-state index in [9.17, 15) is 4.79 Å². The molecule has 0 saturated heterocycles. The van der Waals surface area contributed by atoms with Crippen LogP contribution in [0, 0.1) is 0 Å². The van der Waals surface area contributed by atoms with Gasteiger partial charge in [-0.25, -0.2) is 0 Å². The van der Waals surface area contributed by atoms with E-state index in [0.717, 1.165) is 24.1 Å². The maximum atomic E-state index is 12.8. The van der Waals surface area contributed by atoms with Crippen LogP contribution < -0.4 is 10.6 Å². The van der Waals surface area contributed by atoms with Gasteiger partial charge in [0.15, 0.2) is 0 Å². The summed E-state index contributed by atoms with van der Waals surface area (Å²) in [6.45, 7) is 0.651. The van der Waals surface area contributed by atoms with Crippen LogP contribution in [0.5, 0.6) is 0 Å². The number of hydrogen-bond acceptors (Lipinski definition) is 2. The van der Waals surface area contributed by atoms with Crippen LogP contribution in [0.3, 0.4) is 0 Å². The first-order valence-corrected chi connectivity index (χ1v) is 7.47. The zero-order valence-electron chi connectivity index (χ0n) is 11.3. The molecular weight excluding hydrogens is 307 g/mol. The zero-order valence-corrected chi connectivity index (χ0v) is 12.8. The van der Waals surface area contributed by atoms with Gasteiger partial charge in [0.1, 0.15) is 0 Å². The molecule has 0 bridgehead atoms. The predicted molar refractivity (Wildman–Crippen MR) is 87.3 cm³/mol. The summed E-state index contributed by atoms with van der Waals surface area (Å²) in [4.78, 5) is 14.5. The van der Waals surface area contributed by atoms with Gasteiger partial charge in [0, 0.05) is 22.9 Å². The Labute approximate surface area is 133 Å². The number of fused-ring (bicyclic) bond motifs is 1. The standard InChI is InChI=1S/C16H14Cl2N2O/c17-11-4-6-14(18)13(8-11)16(21)20-7-1-2-10-3-5-12(19)9-15(10)20/h3-6,8-9H,1-2,7,19H2. The minimum Gasteiger partial charge on any atom is -0.399 e. The molecule has 0 radical (unpaired) electrons. The Morgan fingerprint density at radius 2 is 1.95 bits per heavy atom. The fourth-order valence-corrected chi connectivity index (χ4v) is 2.98. The van der Waals surface area contributed by atoms with Crippen LogP contribution in [-0.2, 0) is 6.42 Å². The van der Waals surface area contributed by atoms with Crippen molar-refractivity contribution < 1.29 is 4.79 Å². The van der Waals surface area contributed by atoms with Crippen LogP contribution in [0.2, 0.25) is 10.0 Å². The predicted octanol–water partition coefficient (Wildman–Crippen LogP) is 4.17. The molecular formula is C16H14Cl2N2O. The fraction of sp³-hybridized carbons (Fsp3) is 0.188. The number of nitrogen functional groups attached to an aromatic ring is 1. The molecule has 5 heteroatoms. The number of halogens is 2. The summed E-state index contributed by atoms with van der Waals surface area (Å²) in [5, 5.41) is 0.896. The quantitative estimate of drug-likeness (QED) is 0.801. The summed E-state index contributed by atoms with van der Waals surface area (Å²) in [7, 11) is 0. The number of rotatable bonds is 1. The van der Waals surface area contributed by atoms with Crippen molar-refractivity contribution in [2.24, 2.45) is 0 Å². The lowest BCUT2D eigenvalue weighted by molar-refractivity contribution is 0.0985. The maximum Gasteiger partial charge on any atom is 0.259 e. The molecule has 2 aromatic rings. The summed E-state index contributed by atoms with van der Waals surface area (Å²) in [6.07, 6.45) is 1.86. The number of nitrogens with two attached hydrogens (primary N) is 1. The van der Waals surface area contributed by atoms with Gasteiger partial charge >= 0.3 is 0 Å². The SMILES string of the molecule is Nc1ccc2c(c1)N(C(=O)c1cc(Cl)ccc1Cl)CCC2. The second-order valence-corrected chi connectivity index (χ2v) is 5.92. The second-order valence-electron chi connectivity index (χ2n) is 5.07. The van der Waals surface area contributed by atoms with Crippen LogP contribution in [0.4, 0.5) is 11.4 Å². The lowest BCUT2D eigenvalue weighted by atomic mass is 10.00. The van der Waals surface area contributed by atoms with Crippen LogP contribution >= 0.6 is 23.2 Å². The second kappa shape index (κ2) is 5.58. The van der Waals surface area contributed by atoms with Gasteiger partial charge in [0.2, 0.25) is 0 Å². The third-order valence-corrected chi connectivity index (χ3v) is 4.20. The maximum absolute atomic E-state index is 12.8. The van der Waals surface area contributed by atoms with E-state index in [4.69, 9.17) is 28.9 Å². The minimum atomic E-state index is -0.144. The van der Waals surface area contributed by atoms with Gasteiger partial charge in [-0.15, -0.1) is 0 Å². The van der Waals surface area contributed by atoms with E-state index in [-0.39, 0.29) is 5.91 Å². The summed E-state index contributed by atoms with van der Waals surface area (Å²) >= 11 is 12.1. The van der Waals surface area contributed by atoms with E-state index in [1.807, 2.05) is 18.2 Å². The van der Waals surface area contributed by atoms with E-state index in [0.29, 0.717) is 27.8 Å². The van der Waals surface area contributed by atoms with E-state index in [2.05, 4.69) is 0 Å². The average molecular weight is 321 g/mol. The Kier molecular flexibility index (Phi) is 3.79. The van der Waals surface area contributed by atoms with Crippen molar-refractivity contribution >= 4 is 40.5 Å². The molecule has 1 aliphatic rings. The zero-order chi connectivity index (χ0) is 15.0. The molecule has 21 heavy (non-hydrogen) atoms. The first-order chi connectivity index (χ1) is 10.1. The van der Waals surface area contributed by atoms with Crippen LogP contribution in [-0.4, -0.2) is 12.5 Å². The van der Waals surface area contributed by atoms with E-state index in [1.54, 1.807) is 23.1 Å². The molecule has 0 aliphatic carbocycles. The Morgan fingerprint density at radius 3 is 2.76 bits per heavy atom. The first kappa shape index (κ1) is 14.2. The van der Waals surface area contributed by atoms with Gasteiger partial charge in [-0.05, 0) is 48.7 Å². The van der Waals surface area contributed by atoms with Crippen molar-refractivity contribution in [2.45, 2.75) is 12.8 Å². The van der Waals surface area contributed by atoms with Gasteiger partial charge in [-0.3, -0.25) is 4.79 Å². The summed E-state index contributed by atoms with van der Waals surface area (Å²) < 4.78 is 0. The number of amides is 1. The highest BCUT2D eigenvalue weighted by atomic mass is 35.5. The smallest absolute Gasteiger partial charge is 0.259 e. The van der Waals surface area contributed by atoms with Crippen molar-refractivity contribution in [3.63, 3.8) is 0 Å². The molecule has 3 nitrogen and oxygen atoms in total. The highest BCUT2D eigenvalue weighted by Crippen LogP contribution is 2.32. The lowest BCUT2D eigenvalue weighted by Gasteiger charge is -2.30. The number of carbonyl (C=O) groups excluding carboxylic acids is 1. The Hall–Kier alpha value is -1.71. The van der Waals surface area contributed by atoms with Crippen LogP contribution in [0.15, 0.2) is 36.4 Å². The molecule has 108 valence electrons. The van der Waals surface area contributed by atoms with Crippen molar-refractivity contribution in [2.75, 3.05) is 17.2 Å². The fourth-order valence-electron chi connectivity index (χ4n) is 2.61. The number of nitrogens with zero attached hydrogens (tertiary/aromatic N) is 1. The highest BCUT2D eigenvalue weighted by Gasteiger charge is 2.25. The molecule has 0 atom stereocenters. The largest absolute Gasteiger partial charge is 0.399 e. The molecule has 1 amide bonds. The summed E-state index contributed by atoms with van der Waals surface area (Å²) in [5.74, 6) is -0.144. The van der Waals surface area contributed by atoms with E-state index < -0.39 is 0 Å². The molecule has 1 aliphatic heterocycles. The van der Waals surface area contributed by atoms with Gasteiger partial charge in [0.25, 0.3) is 5.91 Å². The van der Waals surface area contributed by atoms with Crippen molar-refractivity contribution in [3.8, 4) is 0 Å². The Morgan fingerprint density at radius 1 is 1.14 bits per heavy atom. The van der Waals surface area contributed by atoms with Crippen LogP contribution in [0.1, 0.15) is 22.3 Å². The Bertz CT molecular complexity index is 715. The van der Waals surface area contributed by atoms with Crippen molar-refractivity contribution in [1.82, 2.24) is 0 Å². The lowest BCUT2D eigenvalue weighted by Crippen LogP contribution is -2.35. The van der Waals surface area contributed by atoms with Gasteiger partial charge in [-0.1, -0.05) is 29.3 Å². The van der Waals surface area contributed by atoms with Gasteiger partial charge in [-0.2, -0.15) is 0 Å². The number of anilines is 2. The summed E-state index contributed by atoms with van der Waals surface area (Å²) in [6, 6.07) is 10.6. The normalized spacial score (nSPS) is 13.9. The van der Waals surface area contributed by atoms with Crippen molar-refractivity contribution in [1.29, 1.82) is 0 Å². The molecule has 1 heterocycles. The number of carbonyl (C=O) groups is 1. The Balaban J connectivity index is 2.04. The molecule has 0 unspecified atom stereocenters. The molecule has 2 aromatic carbocycles. The molecule has 0 aromatic heterocycles. The highest BCUT2D eigenvalue weighted by molar-refractivity contribution is 6.36. The third-order valence-electron chi connectivity index (χ3n) is 3.63. The van der Waals surface area contributed by atoms with Crippen LogP contribution in [0.25, 0.3) is 0 Å². The minimum absolute atomic E-state index is 0.144.